The number of nitrogens with zero attached hydrogens (tertiary/aromatic N) is 1. The monoisotopic (exact) mass is 400 g/mol. The lowest BCUT2D eigenvalue weighted by Gasteiger charge is -2.34. The minimum atomic E-state index is -0.147. The van der Waals surface area contributed by atoms with E-state index in [4.69, 9.17) is 9.26 Å². The van der Waals surface area contributed by atoms with Gasteiger partial charge < -0.3 is 14.6 Å². The molecule has 0 radical (unpaired) electrons. The summed E-state index contributed by atoms with van der Waals surface area (Å²) in [5.74, 6) is 1.63. The first kappa shape index (κ1) is 18.7. The molecule has 5 heteroatoms. The van der Waals surface area contributed by atoms with Gasteiger partial charge in [-0.1, -0.05) is 47.1 Å². The molecular weight excluding hydrogens is 376 g/mol. The van der Waals surface area contributed by atoms with Crippen LogP contribution in [0.1, 0.15) is 52.6 Å². The van der Waals surface area contributed by atoms with Gasteiger partial charge in [-0.25, -0.2) is 0 Å². The zero-order valence-corrected chi connectivity index (χ0v) is 17.4. The molecule has 152 valence electrons. The minimum absolute atomic E-state index is 0.124. The molecule has 1 aliphatic carbocycles. The number of Topliss-reactive ketones (excluding diaryl/α,β-unsaturated/α-hetero) is 1. The van der Waals surface area contributed by atoms with Crippen LogP contribution in [0, 0.1) is 13.8 Å². The van der Waals surface area contributed by atoms with E-state index in [9.17, 15) is 4.79 Å². The first-order chi connectivity index (χ1) is 14.5. The fraction of sp³-hybridized carbons (Fsp3) is 0.280. The number of aryl methyl sites for hydroxylation is 2. The van der Waals surface area contributed by atoms with E-state index in [1.165, 1.54) is 5.56 Å². The van der Waals surface area contributed by atoms with E-state index >= 15 is 0 Å². The number of carbonyl (C=O) groups excluding carboxylic acids is 1. The number of rotatable bonds is 3. The van der Waals surface area contributed by atoms with Crippen LogP contribution >= 0.6 is 0 Å². The molecule has 0 bridgehead atoms. The Kier molecular flexibility index (Phi) is 4.46. The Morgan fingerprint density at radius 3 is 2.60 bits per heavy atom. The fourth-order valence-corrected chi connectivity index (χ4v) is 4.77. The molecule has 1 N–H and O–H groups in total. The van der Waals surface area contributed by atoms with Gasteiger partial charge >= 0.3 is 0 Å². The van der Waals surface area contributed by atoms with Crippen LogP contribution in [0.3, 0.4) is 0 Å². The average Bonchev–Trinajstić information content (AvgIpc) is 3.12. The maximum Gasteiger partial charge on any atom is 0.233 e. The number of benzene rings is 2. The van der Waals surface area contributed by atoms with E-state index in [-0.39, 0.29) is 17.6 Å². The molecule has 0 fully saturated rings. The molecule has 3 aromatic rings. The van der Waals surface area contributed by atoms with Gasteiger partial charge in [-0.3, -0.25) is 4.79 Å². The number of aromatic nitrogens is 1. The lowest BCUT2D eigenvalue weighted by atomic mass is 9.72. The quantitative estimate of drug-likeness (QED) is 0.650. The topological polar surface area (TPSA) is 64.4 Å². The Hall–Kier alpha value is -3.34. The van der Waals surface area contributed by atoms with Crippen molar-refractivity contribution in [3.8, 4) is 5.75 Å². The molecule has 1 aromatic heterocycles. The highest BCUT2D eigenvalue weighted by molar-refractivity contribution is 6.01. The summed E-state index contributed by atoms with van der Waals surface area (Å²) < 4.78 is 10.9. The van der Waals surface area contributed by atoms with Gasteiger partial charge in [0.15, 0.2) is 5.78 Å². The predicted octanol–water partition coefficient (Wildman–Crippen LogP) is 5.26. The summed E-state index contributed by atoms with van der Waals surface area (Å²) in [5.41, 5.74) is 7.00. The van der Waals surface area contributed by atoms with Gasteiger partial charge in [0.2, 0.25) is 5.88 Å². The van der Waals surface area contributed by atoms with Crippen LogP contribution in [0.2, 0.25) is 0 Å². The number of anilines is 1. The van der Waals surface area contributed by atoms with Crippen molar-refractivity contribution < 1.29 is 14.1 Å². The van der Waals surface area contributed by atoms with Crippen LogP contribution in [0.15, 0.2) is 64.3 Å². The Labute approximate surface area is 175 Å². The SMILES string of the molecule is COc1ccc([C@@H]2CC(=O)C3=C(C2)Nc2onc(C)c2[C@H]3c2cccc(C)c2)cc1. The standard InChI is InChI=1S/C25H24N2O3/c1-14-5-4-6-17(11-14)23-22-15(2)27-30-25(22)26-20-12-18(13-21(28)24(20)23)16-7-9-19(29-3)10-8-16/h4-11,18,23,26H,12-13H2,1-3H3/t18-,23+/m0/s1. The molecule has 0 saturated carbocycles. The molecular formula is C25H24N2O3. The van der Waals surface area contributed by atoms with Crippen molar-refractivity contribution in [1.29, 1.82) is 0 Å². The Morgan fingerprint density at radius 1 is 1.07 bits per heavy atom. The summed E-state index contributed by atoms with van der Waals surface area (Å²) in [5, 5.41) is 7.58. The first-order valence-electron chi connectivity index (χ1n) is 10.2. The van der Waals surface area contributed by atoms with Gasteiger partial charge in [0, 0.05) is 23.6 Å². The minimum Gasteiger partial charge on any atom is -0.497 e. The largest absolute Gasteiger partial charge is 0.497 e. The van der Waals surface area contributed by atoms with Gasteiger partial charge in [0.05, 0.1) is 18.4 Å². The van der Waals surface area contributed by atoms with Crippen LogP contribution in [0.4, 0.5) is 5.88 Å². The van der Waals surface area contributed by atoms with Crippen LogP contribution in [0.5, 0.6) is 5.75 Å². The Balaban J connectivity index is 1.59. The van der Waals surface area contributed by atoms with Crippen LogP contribution in [0.25, 0.3) is 0 Å². The summed E-state index contributed by atoms with van der Waals surface area (Å²) in [4.78, 5) is 13.5. The van der Waals surface area contributed by atoms with Crippen molar-refractivity contribution in [3.63, 3.8) is 0 Å². The third-order valence-corrected chi connectivity index (χ3v) is 6.22. The summed E-state index contributed by atoms with van der Waals surface area (Å²) in [6, 6.07) is 16.4. The number of hydrogen-bond acceptors (Lipinski definition) is 5. The van der Waals surface area contributed by atoms with Gasteiger partial charge in [0.25, 0.3) is 0 Å². The zero-order valence-electron chi connectivity index (χ0n) is 17.4. The lowest BCUT2D eigenvalue weighted by molar-refractivity contribution is -0.116. The molecule has 2 heterocycles. The third-order valence-electron chi connectivity index (χ3n) is 6.22. The highest BCUT2D eigenvalue weighted by atomic mass is 16.5. The van der Waals surface area contributed by atoms with E-state index in [2.05, 4.69) is 35.6 Å². The van der Waals surface area contributed by atoms with Gasteiger partial charge in [-0.2, -0.15) is 0 Å². The maximum atomic E-state index is 13.5. The molecule has 1 aliphatic heterocycles. The van der Waals surface area contributed by atoms with E-state index in [1.807, 2.05) is 37.3 Å². The van der Waals surface area contributed by atoms with Crippen molar-refractivity contribution in [1.82, 2.24) is 5.16 Å². The predicted molar refractivity (Wildman–Crippen MR) is 115 cm³/mol. The molecule has 0 amide bonds. The second-order valence-corrected chi connectivity index (χ2v) is 8.18. The van der Waals surface area contributed by atoms with Crippen molar-refractivity contribution in [3.05, 3.63) is 87.7 Å². The van der Waals surface area contributed by atoms with E-state index < -0.39 is 0 Å². The zero-order chi connectivity index (χ0) is 20.8. The first-order valence-corrected chi connectivity index (χ1v) is 10.2. The third kappa shape index (κ3) is 3.02. The molecule has 30 heavy (non-hydrogen) atoms. The number of fused-ring (bicyclic) bond motifs is 1. The summed E-state index contributed by atoms with van der Waals surface area (Å²) in [6.45, 7) is 4.01. The number of carbonyl (C=O) groups is 1. The smallest absolute Gasteiger partial charge is 0.233 e. The molecule has 0 spiro atoms. The summed E-state index contributed by atoms with van der Waals surface area (Å²) in [7, 11) is 1.66. The molecule has 2 atom stereocenters. The van der Waals surface area contributed by atoms with Gasteiger partial charge in [0.1, 0.15) is 5.75 Å². The molecule has 0 saturated heterocycles. The van der Waals surface area contributed by atoms with Crippen molar-refractivity contribution in [2.24, 2.45) is 0 Å². The molecule has 2 aliphatic rings. The van der Waals surface area contributed by atoms with Crippen LogP contribution in [-0.4, -0.2) is 18.0 Å². The van der Waals surface area contributed by atoms with E-state index in [0.717, 1.165) is 45.8 Å². The number of nitrogens with one attached hydrogen (secondary N) is 1. The number of hydrogen-bond donors (Lipinski definition) is 1. The van der Waals surface area contributed by atoms with Crippen LogP contribution in [-0.2, 0) is 4.79 Å². The lowest BCUT2D eigenvalue weighted by Crippen LogP contribution is -2.29. The van der Waals surface area contributed by atoms with Crippen molar-refractivity contribution >= 4 is 11.7 Å². The molecule has 2 aromatic carbocycles. The highest BCUT2D eigenvalue weighted by Gasteiger charge is 2.41. The second kappa shape index (κ2) is 7.17. The average molecular weight is 400 g/mol. The fourth-order valence-electron chi connectivity index (χ4n) is 4.77. The molecule has 5 rings (SSSR count). The summed E-state index contributed by atoms with van der Waals surface area (Å²) >= 11 is 0. The van der Waals surface area contributed by atoms with Gasteiger partial charge in [-0.15, -0.1) is 0 Å². The summed E-state index contributed by atoms with van der Waals surface area (Å²) in [6.07, 6.45) is 1.25. The Bertz CT molecular complexity index is 1160. The van der Waals surface area contributed by atoms with Crippen molar-refractivity contribution in [2.75, 3.05) is 12.4 Å². The Morgan fingerprint density at radius 2 is 1.87 bits per heavy atom. The number of methoxy groups -OCH3 is 1. The number of ether oxygens (including phenoxy) is 1. The van der Waals surface area contributed by atoms with E-state index in [0.29, 0.717) is 12.3 Å². The highest BCUT2D eigenvalue weighted by Crippen LogP contribution is 2.49. The molecule has 5 nitrogen and oxygen atoms in total. The second-order valence-electron chi connectivity index (χ2n) is 8.18. The normalized spacial score (nSPS) is 20.4. The van der Waals surface area contributed by atoms with Crippen LogP contribution < -0.4 is 10.1 Å². The number of allylic oxidation sites excluding steroid dienone is 2. The van der Waals surface area contributed by atoms with Gasteiger partial charge in [-0.05, 0) is 49.4 Å². The van der Waals surface area contributed by atoms with Crippen molar-refractivity contribution in [2.45, 2.75) is 38.5 Å². The number of ketones is 1. The van der Waals surface area contributed by atoms with E-state index in [1.54, 1.807) is 7.11 Å². The maximum absolute atomic E-state index is 13.5. The molecule has 0 unspecified atom stereocenters.